The minimum atomic E-state index is 0.0599. The summed E-state index contributed by atoms with van der Waals surface area (Å²) in [7, 11) is 4.17. The first-order valence-corrected chi connectivity index (χ1v) is 7.35. The number of amides is 1. The molecule has 1 saturated heterocycles. The SMILES string of the molecule is CN(C)C1(CNC(=O)CNCC2CC2)CCOCC1. The number of nitrogens with one attached hydrogen (secondary N) is 2. The summed E-state index contributed by atoms with van der Waals surface area (Å²) in [5.74, 6) is 0.921. The summed E-state index contributed by atoms with van der Waals surface area (Å²) in [6.07, 6.45) is 4.60. The fourth-order valence-electron chi connectivity index (χ4n) is 2.57. The molecule has 5 nitrogen and oxygen atoms in total. The monoisotopic (exact) mass is 269 g/mol. The molecule has 2 rings (SSSR count). The van der Waals surface area contributed by atoms with Crippen molar-refractivity contribution in [1.82, 2.24) is 15.5 Å². The Balaban J connectivity index is 1.69. The van der Waals surface area contributed by atoms with Crippen molar-refractivity contribution in [2.24, 2.45) is 5.92 Å². The van der Waals surface area contributed by atoms with Crippen molar-refractivity contribution in [3.63, 3.8) is 0 Å². The van der Waals surface area contributed by atoms with E-state index in [1.54, 1.807) is 0 Å². The lowest BCUT2D eigenvalue weighted by Gasteiger charge is -2.42. The molecule has 1 aliphatic carbocycles. The molecule has 2 fully saturated rings. The summed E-state index contributed by atoms with van der Waals surface area (Å²) in [4.78, 5) is 14.1. The van der Waals surface area contributed by atoms with Gasteiger partial charge in [0.05, 0.1) is 6.54 Å². The molecule has 1 heterocycles. The van der Waals surface area contributed by atoms with E-state index in [1.165, 1.54) is 12.8 Å². The van der Waals surface area contributed by atoms with Gasteiger partial charge >= 0.3 is 0 Å². The molecule has 1 saturated carbocycles. The fraction of sp³-hybridized carbons (Fsp3) is 0.929. The third-order valence-corrected chi connectivity index (χ3v) is 4.40. The molecule has 110 valence electrons. The molecule has 1 aliphatic heterocycles. The molecule has 0 spiro atoms. The van der Waals surface area contributed by atoms with E-state index >= 15 is 0 Å². The van der Waals surface area contributed by atoms with Gasteiger partial charge in [0.15, 0.2) is 0 Å². The van der Waals surface area contributed by atoms with E-state index in [-0.39, 0.29) is 11.4 Å². The van der Waals surface area contributed by atoms with Gasteiger partial charge in [-0.2, -0.15) is 0 Å². The first-order chi connectivity index (χ1) is 9.12. The maximum absolute atomic E-state index is 11.8. The van der Waals surface area contributed by atoms with Gasteiger partial charge < -0.3 is 20.3 Å². The molecular formula is C14H27N3O2. The summed E-state index contributed by atoms with van der Waals surface area (Å²) in [5.41, 5.74) is 0.0599. The zero-order chi connectivity index (χ0) is 13.7. The average Bonchev–Trinajstić information content (AvgIpc) is 3.21. The Morgan fingerprint density at radius 3 is 2.58 bits per heavy atom. The van der Waals surface area contributed by atoms with Crippen molar-refractivity contribution >= 4 is 5.91 Å². The molecule has 0 aromatic carbocycles. The van der Waals surface area contributed by atoms with E-state index in [4.69, 9.17) is 4.74 Å². The molecule has 0 aromatic rings. The average molecular weight is 269 g/mol. The molecule has 0 aromatic heterocycles. The summed E-state index contributed by atoms with van der Waals surface area (Å²) in [6.45, 7) is 3.71. The van der Waals surface area contributed by atoms with Crippen molar-refractivity contribution in [3.8, 4) is 0 Å². The molecule has 5 heteroatoms. The Hall–Kier alpha value is -0.650. The molecule has 0 atom stereocenters. The Labute approximate surface area is 116 Å². The van der Waals surface area contributed by atoms with Crippen LogP contribution in [0, 0.1) is 5.92 Å². The van der Waals surface area contributed by atoms with Crippen molar-refractivity contribution in [1.29, 1.82) is 0 Å². The van der Waals surface area contributed by atoms with Crippen LogP contribution in [0.25, 0.3) is 0 Å². The smallest absolute Gasteiger partial charge is 0.234 e. The first kappa shape index (κ1) is 14.8. The third-order valence-electron chi connectivity index (χ3n) is 4.40. The number of carbonyl (C=O) groups excluding carboxylic acids is 1. The largest absolute Gasteiger partial charge is 0.381 e. The van der Waals surface area contributed by atoms with Crippen LogP contribution in [0.1, 0.15) is 25.7 Å². The van der Waals surface area contributed by atoms with Gasteiger partial charge in [-0.25, -0.2) is 0 Å². The summed E-state index contributed by atoms with van der Waals surface area (Å²) < 4.78 is 5.43. The number of likely N-dealkylation sites (N-methyl/N-ethyl adjacent to an activating group) is 1. The number of carbonyl (C=O) groups is 1. The van der Waals surface area contributed by atoms with Gasteiger partial charge in [-0.3, -0.25) is 4.79 Å². The second-order valence-electron chi connectivity index (χ2n) is 6.08. The first-order valence-electron chi connectivity index (χ1n) is 7.35. The highest BCUT2D eigenvalue weighted by Crippen LogP contribution is 2.27. The predicted molar refractivity (Wildman–Crippen MR) is 75.1 cm³/mol. The number of hydrogen-bond acceptors (Lipinski definition) is 4. The zero-order valence-electron chi connectivity index (χ0n) is 12.2. The van der Waals surface area contributed by atoms with Crippen LogP contribution in [0.4, 0.5) is 0 Å². The maximum atomic E-state index is 11.8. The second-order valence-corrected chi connectivity index (χ2v) is 6.08. The standard InChI is InChI=1S/C14H27N3O2/c1-17(2)14(5-7-19-8-6-14)11-16-13(18)10-15-9-12-3-4-12/h12,15H,3-11H2,1-2H3,(H,16,18). The van der Waals surface area contributed by atoms with Crippen LogP contribution in [0.3, 0.4) is 0 Å². The highest BCUT2D eigenvalue weighted by molar-refractivity contribution is 5.78. The normalized spacial score (nSPS) is 22.5. The van der Waals surface area contributed by atoms with Crippen LogP contribution in [0.15, 0.2) is 0 Å². The van der Waals surface area contributed by atoms with Gasteiger partial charge in [0.1, 0.15) is 0 Å². The molecular weight excluding hydrogens is 242 g/mol. The number of ether oxygens (including phenoxy) is 1. The lowest BCUT2D eigenvalue weighted by Crippen LogP contribution is -2.56. The summed E-state index contributed by atoms with van der Waals surface area (Å²) in [6, 6.07) is 0. The number of hydrogen-bond donors (Lipinski definition) is 2. The maximum Gasteiger partial charge on any atom is 0.234 e. The van der Waals surface area contributed by atoms with Crippen molar-refractivity contribution < 1.29 is 9.53 Å². The molecule has 2 aliphatic rings. The van der Waals surface area contributed by atoms with Gasteiger partial charge in [-0.1, -0.05) is 0 Å². The van der Waals surface area contributed by atoms with E-state index in [9.17, 15) is 4.79 Å². The van der Waals surface area contributed by atoms with Crippen LogP contribution >= 0.6 is 0 Å². The van der Waals surface area contributed by atoms with Gasteiger partial charge in [0.25, 0.3) is 0 Å². The Kier molecular flexibility index (Phi) is 5.19. The molecule has 1 amide bonds. The minimum absolute atomic E-state index is 0.0599. The van der Waals surface area contributed by atoms with Crippen LogP contribution < -0.4 is 10.6 Å². The van der Waals surface area contributed by atoms with Crippen molar-refractivity contribution in [2.45, 2.75) is 31.2 Å². The van der Waals surface area contributed by atoms with Gasteiger partial charge in [-0.05, 0) is 52.2 Å². The third kappa shape index (κ3) is 4.44. The van der Waals surface area contributed by atoms with Gasteiger partial charge in [-0.15, -0.1) is 0 Å². The van der Waals surface area contributed by atoms with Crippen LogP contribution in [-0.4, -0.2) is 63.3 Å². The Morgan fingerprint density at radius 1 is 1.32 bits per heavy atom. The minimum Gasteiger partial charge on any atom is -0.381 e. The van der Waals surface area contributed by atoms with Gasteiger partial charge in [0, 0.05) is 25.3 Å². The Morgan fingerprint density at radius 2 is 2.00 bits per heavy atom. The summed E-state index contributed by atoms with van der Waals surface area (Å²) >= 11 is 0. The van der Waals surface area contributed by atoms with E-state index in [0.717, 1.165) is 38.5 Å². The topological polar surface area (TPSA) is 53.6 Å². The lowest BCUT2D eigenvalue weighted by atomic mass is 9.88. The van der Waals surface area contributed by atoms with E-state index < -0.39 is 0 Å². The van der Waals surface area contributed by atoms with E-state index in [2.05, 4.69) is 29.6 Å². The highest BCUT2D eigenvalue weighted by atomic mass is 16.5. The second kappa shape index (κ2) is 6.68. The van der Waals surface area contributed by atoms with Crippen molar-refractivity contribution in [2.75, 3.05) is 46.9 Å². The zero-order valence-corrected chi connectivity index (χ0v) is 12.2. The number of nitrogens with zero attached hydrogens (tertiary/aromatic N) is 1. The van der Waals surface area contributed by atoms with Crippen molar-refractivity contribution in [3.05, 3.63) is 0 Å². The molecule has 0 radical (unpaired) electrons. The van der Waals surface area contributed by atoms with Gasteiger partial charge in [0.2, 0.25) is 5.91 Å². The molecule has 2 N–H and O–H groups in total. The van der Waals surface area contributed by atoms with E-state index in [0.29, 0.717) is 13.1 Å². The molecule has 19 heavy (non-hydrogen) atoms. The lowest BCUT2D eigenvalue weighted by molar-refractivity contribution is -0.121. The van der Waals surface area contributed by atoms with Crippen LogP contribution in [-0.2, 0) is 9.53 Å². The highest BCUT2D eigenvalue weighted by Gasteiger charge is 2.35. The number of rotatable bonds is 7. The van der Waals surface area contributed by atoms with E-state index in [1.807, 2.05) is 0 Å². The Bertz CT molecular complexity index is 297. The predicted octanol–water partition coefficient (Wildman–Crippen LogP) is 0.213. The summed E-state index contributed by atoms with van der Waals surface area (Å²) in [5, 5.41) is 6.30. The molecule has 0 unspecified atom stereocenters. The van der Waals surface area contributed by atoms with Crippen LogP contribution in [0.5, 0.6) is 0 Å². The fourth-order valence-corrected chi connectivity index (χ4v) is 2.57. The quantitative estimate of drug-likeness (QED) is 0.694. The van der Waals surface area contributed by atoms with Crippen LogP contribution in [0.2, 0.25) is 0 Å². The molecule has 0 bridgehead atoms.